The summed E-state index contributed by atoms with van der Waals surface area (Å²) < 4.78 is 16.2. The highest BCUT2D eigenvalue weighted by Gasteiger charge is 2.52. The van der Waals surface area contributed by atoms with Crippen molar-refractivity contribution in [2.75, 3.05) is 26.2 Å². The number of carbonyl (C=O) groups excluding carboxylic acids is 4. The van der Waals surface area contributed by atoms with Crippen LogP contribution in [-0.4, -0.2) is 72.3 Å². The minimum Gasteiger partial charge on any atom is -0.492 e. The molecule has 0 aliphatic rings. The second-order valence-electron chi connectivity index (χ2n) is 23.5. The van der Waals surface area contributed by atoms with Gasteiger partial charge in [-0.05, 0) is 92.8 Å². The minimum atomic E-state index is -2.54. The minimum absolute atomic E-state index is 0.0403. The molecule has 14 nitrogen and oxygen atoms in total. The number of aliphatic carboxylic acids is 2. The van der Waals surface area contributed by atoms with Crippen LogP contribution >= 0.6 is 11.6 Å². The molecule has 15 heteroatoms. The first-order valence-corrected chi connectivity index (χ1v) is 32.4. The molecule has 0 radical (unpaired) electrons. The van der Waals surface area contributed by atoms with Crippen molar-refractivity contribution in [3.63, 3.8) is 0 Å². The zero-order valence-corrected chi connectivity index (χ0v) is 53.9. The second kappa shape index (κ2) is 43.2. The number of hydrogen-bond acceptors (Lipinski definition) is 12. The van der Waals surface area contributed by atoms with E-state index in [2.05, 4.69) is 121 Å². The van der Waals surface area contributed by atoms with Crippen molar-refractivity contribution in [2.45, 2.75) is 228 Å². The average molecular weight is 1220 g/mol. The maximum atomic E-state index is 14.1. The maximum Gasteiger partial charge on any atom is 0.331 e. The molecule has 3 aromatic carbocycles. The Morgan fingerprint density at radius 3 is 1.09 bits per heavy atom. The third-order valence-corrected chi connectivity index (χ3v) is 15.9. The largest absolute Gasteiger partial charge is 0.492 e. The van der Waals surface area contributed by atoms with Crippen LogP contribution in [0.15, 0.2) is 66.7 Å². The zero-order valence-electron chi connectivity index (χ0n) is 53.1. The van der Waals surface area contributed by atoms with Crippen LogP contribution in [0.3, 0.4) is 0 Å². The lowest BCUT2D eigenvalue weighted by atomic mass is 9.84. The third kappa shape index (κ3) is 28.9. The summed E-state index contributed by atoms with van der Waals surface area (Å²) in [5.41, 5.74) is -1.84. The van der Waals surface area contributed by atoms with Crippen molar-refractivity contribution >= 4 is 47.4 Å². The predicted octanol–water partition coefficient (Wildman–Crippen LogP) is 14.2. The van der Waals surface area contributed by atoms with Crippen molar-refractivity contribution < 1.29 is 53.2 Å². The van der Waals surface area contributed by atoms with Crippen LogP contribution in [-0.2, 0) is 70.7 Å². The summed E-state index contributed by atoms with van der Waals surface area (Å²) in [5, 5.41) is 30.5. The van der Waals surface area contributed by atoms with Crippen molar-refractivity contribution in [2.24, 2.45) is 16.2 Å². The highest BCUT2D eigenvalue weighted by atomic mass is 35.5. The van der Waals surface area contributed by atoms with Crippen LogP contribution in [0.2, 0.25) is 5.02 Å². The quantitative estimate of drug-likeness (QED) is 0.0155. The molecule has 87 heavy (non-hydrogen) atoms. The van der Waals surface area contributed by atoms with Gasteiger partial charge in [0.1, 0.15) is 5.75 Å². The van der Waals surface area contributed by atoms with E-state index in [1.807, 2.05) is 6.07 Å². The zero-order chi connectivity index (χ0) is 63.6. The number of benzene rings is 3. The standard InChI is InChI=1S/C72H100ClN3O11/c1-7-10-13-16-19-22-25-34-57-36-40-59(41-37-57)54-74-49-30-27-46-70(4,64(77)78)66(81)86-68(83)72(6,48-29-32-51-76-56-61-44-45-63(62(73)53-61)85-52-33-24-21-18-15-12-9-3)69(84)87-67(82)71(5,65(79)80)47-28-31-50-75-55-60-42-38-58(39-43-60)35-26-23-20-17-14-11-8-2/h36-45,53,74-76H,7-26,33-35,46-52,54-56H2,1-6H3,(H,77,78)(H,79,80). The van der Waals surface area contributed by atoms with Crippen LogP contribution in [0.5, 0.6) is 5.75 Å². The fourth-order valence-corrected chi connectivity index (χ4v) is 9.52. The number of unbranched alkanes of at least 4 members (excludes halogenated alkanes) is 18. The van der Waals surface area contributed by atoms with Gasteiger partial charge in [-0.25, -0.2) is 0 Å². The number of nitrogens with one attached hydrogen (secondary N) is 3. The summed E-state index contributed by atoms with van der Waals surface area (Å²) in [5.74, 6) is 7.67. The molecule has 0 aliphatic carbocycles. The van der Waals surface area contributed by atoms with E-state index in [1.54, 1.807) is 12.1 Å². The number of carbonyl (C=O) groups is 6. The van der Waals surface area contributed by atoms with Crippen LogP contribution in [0.1, 0.15) is 223 Å². The first-order valence-electron chi connectivity index (χ1n) is 32.0. The highest BCUT2D eigenvalue weighted by Crippen LogP contribution is 2.32. The lowest BCUT2D eigenvalue weighted by Crippen LogP contribution is -2.47. The van der Waals surface area contributed by atoms with E-state index in [0.717, 1.165) is 76.0 Å². The molecule has 3 aromatic rings. The number of halogens is 1. The molecule has 3 rings (SSSR count). The number of rotatable bonds is 43. The van der Waals surface area contributed by atoms with Gasteiger partial charge in [0.25, 0.3) is 0 Å². The lowest BCUT2D eigenvalue weighted by molar-refractivity contribution is -0.184. The molecular formula is C72H100ClN3O11. The molecule has 0 aromatic heterocycles. The predicted molar refractivity (Wildman–Crippen MR) is 345 cm³/mol. The molecule has 0 saturated heterocycles. The van der Waals surface area contributed by atoms with Crippen LogP contribution in [0.4, 0.5) is 0 Å². The summed E-state index contributed by atoms with van der Waals surface area (Å²) in [6, 6.07) is 22.1. The summed E-state index contributed by atoms with van der Waals surface area (Å²) >= 11 is 6.54. The van der Waals surface area contributed by atoms with Crippen molar-refractivity contribution in [1.82, 2.24) is 16.0 Å². The van der Waals surface area contributed by atoms with Crippen LogP contribution in [0.25, 0.3) is 0 Å². The first-order chi connectivity index (χ1) is 41.9. The molecule has 0 fully saturated rings. The number of carboxylic acid groups (broad SMARTS) is 2. The van der Waals surface area contributed by atoms with Gasteiger partial charge in [-0.2, -0.15) is 0 Å². The lowest BCUT2D eigenvalue weighted by Gasteiger charge is -2.27. The Morgan fingerprint density at radius 2 is 0.724 bits per heavy atom. The molecule has 0 spiro atoms. The maximum absolute atomic E-state index is 14.1. The Balaban J connectivity index is 1.67. The molecule has 2 atom stereocenters. The fourth-order valence-electron chi connectivity index (χ4n) is 9.26. The summed E-state index contributed by atoms with van der Waals surface area (Å²) in [7, 11) is 0. The molecule has 476 valence electrons. The number of aryl methyl sites for hydroxylation is 2. The van der Waals surface area contributed by atoms with Gasteiger partial charge in [0, 0.05) is 38.9 Å². The Bertz CT molecular complexity index is 2630. The first kappa shape index (κ1) is 74.8. The number of carboxylic acids is 2. The van der Waals surface area contributed by atoms with Gasteiger partial charge < -0.3 is 40.4 Å². The fraction of sp³-hybridized carbons (Fsp3) is 0.583. The van der Waals surface area contributed by atoms with E-state index in [4.69, 9.17) is 25.8 Å². The Labute approximate surface area is 525 Å². The normalized spacial score (nSPS) is 13.0. The summed E-state index contributed by atoms with van der Waals surface area (Å²) in [6.07, 6.45) is 25.9. The number of ether oxygens (including phenoxy) is 3. The van der Waals surface area contributed by atoms with Gasteiger partial charge in [-0.15, -0.1) is 17.8 Å². The van der Waals surface area contributed by atoms with Crippen LogP contribution < -0.4 is 20.7 Å². The number of esters is 4. The van der Waals surface area contributed by atoms with E-state index >= 15 is 0 Å². The van der Waals surface area contributed by atoms with Crippen molar-refractivity contribution in [3.05, 3.63) is 99.6 Å². The smallest absolute Gasteiger partial charge is 0.331 e. The van der Waals surface area contributed by atoms with Gasteiger partial charge >= 0.3 is 35.8 Å². The van der Waals surface area contributed by atoms with Gasteiger partial charge in [-0.1, -0.05) is 220 Å². The molecular weight excluding hydrogens is 1120 g/mol. The molecule has 0 aliphatic heterocycles. The molecule has 0 heterocycles. The van der Waals surface area contributed by atoms with Gasteiger partial charge in [0.15, 0.2) is 16.2 Å². The molecule has 0 amide bonds. The Hall–Kier alpha value is -6.47. The highest BCUT2D eigenvalue weighted by molar-refractivity contribution is 6.32. The van der Waals surface area contributed by atoms with Crippen molar-refractivity contribution in [3.8, 4) is 41.3 Å². The van der Waals surface area contributed by atoms with Gasteiger partial charge in [0.2, 0.25) is 0 Å². The molecule has 2 unspecified atom stereocenters. The van der Waals surface area contributed by atoms with Gasteiger partial charge in [-0.3, -0.25) is 28.8 Å². The van der Waals surface area contributed by atoms with E-state index in [1.165, 1.54) is 120 Å². The van der Waals surface area contributed by atoms with Crippen LogP contribution in [0, 0.1) is 51.8 Å². The van der Waals surface area contributed by atoms with E-state index < -0.39 is 71.3 Å². The second-order valence-corrected chi connectivity index (χ2v) is 23.9. The van der Waals surface area contributed by atoms with E-state index in [-0.39, 0.29) is 19.6 Å². The topological polar surface area (TPSA) is 207 Å². The molecule has 0 saturated carbocycles. The Kier molecular flexibility index (Phi) is 37.1. The average Bonchev–Trinajstić information content (AvgIpc) is 3.53. The van der Waals surface area contributed by atoms with Gasteiger partial charge in [0.05, 0.1) is 31.3 Å². The Morgan fingerprint density at radius 1 is 0.414 bits per heavy atom. The number of hydrogen-bond donors (Lipinski definition) is 5. The third-order valence-electron chi connectivity index (χ3n) is 15.6. The van der Waals surface area contributed by atoms with E-state index in [0.29, 0.717) is 37.0 Å². The summed E-state index contributed by atoms with van der Waals surface area (Å²) in [4.78, 5) is 80.9. The molecule has 5 N–H and O–H groups in total. The molecule has 0 bridgehead atoms. The van der Waals surface area contributed by atoms with Crippen molar-refractivity contribution in [1.29, 1.82) is 0 Å². The SMILES string of the molecule is CCCCCCCCCOc1ccc(CNCC#CCC(C)(C(=O)OC(=O)C(C)(CC#CCNCc2ccc(CCCCCCCCC)cc2)C(=O)O)C(=O)OC(=O)C(C)(CC#CCNCc2ccc(CCCCCCCCC)cc2)C(=O)O)cc1Cl. The monoisotopic (exact) mass is 1220 g/mol. The van der Waals surface area contributed by atoms with E-state index in [9.17, 15) is 39.0 Å². The summed E-state index contributed by atoms with van der Waals surface area (Å²) in [6.45, 7) is 12.0.